The van der Waals surface area contributed by atoms with E-state index in [1.165, 1.54) is 0 Å². The van der Waals surface area contributed by atoms with Crippen LogP contribution in [-0.2, 0) is 6.42 Å². The number of aryl methyl sites for hydroxylation is 1. The summed E-state index contributed by atoms with van der Waals surface area (Å²) in [5.41, 5.74) is 6.16. The fourth-order valence-corrected chi connectivity index (χ4v) is 2.94. The van der Waals surface area contributed by atoms with Gasteiger partial charge in [0.05, 0.1) is 5.56 Å². The third-order valence-electron chi connectivity index (χ3n) is 4.39. The molecule has 0 bridgehead atoms. The molecule has 0 unspecified atom stereocenters. The van der Waals surface area contributed by atoms with E-state index in [0.29, 0.717) is 5.56 Å². The lowest BCUT2D eigenvalue weighted by Crippen LogP contribution is -2.18. The first kappa shape index (κ1) is 16.2. The predicted molar refractivity (Wildman–Crippen MR) is 99.8 cm³/mol. The van der Waals surface area contributed by atoms with Crippen molar-refractivity contribution < 1.29 is 14.3 Å². The van der Waals surface area contributed by atoms with E-state index < -0.39 is 0 Å². The van der Waals surface area contributed by atoms with Gasteiger partial charge in [-0.05, 0) is 43.5 Å². The van der Waals surface area contributed by atoms with Crippen molar-refractivity contribution in [3.63, 3.8) is 0 Å². The van der Waals surface area contributed by atoms with Gasteiger partial charge in [-0.2, -0.15) is 5.10 Å². The van der Waals surface area contributed by atoms with E-state index in [2.05, 4.69) is 15.5 Å². The highest BCUT2D eigenvalue weighted by Gasteiger charge is 2.13. The Hall–Kier alpha value is -3.28. The van der Waals surface area contributed by atoms with Crippen LogP contribution in [0, 0.1) is 0 Å². The van der Waals surface area contributed by atoms with E-state index in [4.69, 9.17) is 9.47 Å². The van der Waals surface area contributed by atoms with Crippen LogP contribution < -0.4 is 14.9 Å². The van der Waals surface area contributed by atoms with Gasteiger partial charge < -0.3 is 14.5 Å². The first-order valence-electron chi connectivity index (χ1n) is 8.49. The normalized spacial score (nSPS) is 13.2. The Balaban J connectivity index is 1.37. The molecule has 4 rings (SSSR count). The number of carbonyl (C=O) groups is 1. The molecule has 0 atom stereocenters. The Morgan fingerprint density at radius 2 is 2.04 bits per heavy atom. The summed E-state index contributed by atoms with van der Waals surface area (Å²) in [5.74, 6) is 1.35. The van der Waals surface area contributed by atoms with Gasteiger partial charge in [-0.3, -0.25) is 4.79 Å². The molecular formula is C20H19N3O3. The Kier molecular flexibility index (Phi) is 4.31. The molecule has 3 aromatic rings. The minimum atomic E-state index is -0.218. The third kappa shape index (κ3) is 3.26. The zero-order valence-electron chi connectivity index (χ0n) is 14.4. The number of H-pyrrole nitrogens is 1. The summed E-state index contributed by atoms with van der Waals surface area (Å²) in [5, 5.41) is 5.11. The van der Waals surface area contributed by atoms with Crippen LogP contribution in [0.15, 0.2) is 53.8 Å². The van der Waals surface area contributed by atoms with E-state index in [0.717, 1.165) is 46.5 Å². The molecule has 132 valence electrons. The molecule has 1 aliphatic heterocycles. The molecule has 1 aliphatic rings. The summed E-state index contributed by atoms with van der Waals surface area (Å²) in [4.78, 5) is 15.5. The van der Waals surface area contributed by atoms with Crippen LogP contribution in [0.2, 0.25) is 0 Å². The van der Waals surface area contributed by atoms with Gasteiger partial charge >= 0.3 is 0 Å². The lowest BCUT2D eigenvalue weighted by molar-refractivity contribution is 0.0956. The molecule has 0 saturated heterocycles. The number of fused-ring (bicyclic) bond motifs is 2. The number of hydrogen-bond acceptors (Lipinski definition) is 4. The van der Waals surface area contributed by atoms with Crippen molar-refractivity contribution in [2.75, 3.05) is 6.79 Å². The van der Waals surface area contributed by atoms with Crippen LogP contribution in [0.25, 0.3) is 10.9 Å². The van der Waals surface area contributed by atoms with Crippen LogP contribution in [0.4, 0.5) is 0 Å². The number of nitrogens with one attached hydrogen (secondary N) is 2. The molecule has 1 amide bonds. The molecule has 2 N–H and O–H groups in total. The number of nitrogens with zero attached hydrogens (tertiary/aromatic N) is 1. The average Bonchev–Trinajstić information content (AvgIpc) is 3.30. The fourth-order valence-electron chi connectivity index (χ4n) is 2.94. The minimum absolute atomic E-state index is 0.218. The first-order valence-corrected chi connectivity index (χ1v) is 8.49. The summed E-state index contributed by atoms with van der Waals surface area (Å²) in [6, 6.07) is 13.6. The van der Waals surface area contributed by atoms with Crippen molar-refractivity contribution >= 4 is 22.5 Å². The highest BCUT2D eigenvalue weighted by molar-refractivity contribution is 6.06. The van der Waals surface area contributed by atoms with E-state index in [1.807, 2.05) is 49.4 Å². The molecule has 2 heterocycles. The van der Waals surface area contributed by atoms with Crippen molar-refractivity contribution in [1.29, 1.82) is 0 Å². The largest absolute Gasteiger partial charge is 0.454 e. The van der Waals surface area contributed by atoms with Gasteiger partial charge in [-0.15, -0.1) is 0 Å². The Morgan fingerprint density at radius 3 is 2.96 bits per heavy atom. The van der Waals surface area contributed by atoms with Crippen molar-refractivity contribution in [2.24, 2.45) is 5.10 Å². The number of carbonyl (C=O) groups excluding carboxylic acids is 1. The van der Waals surface area contributed by atoms with E-state index >= 15 is 0 Å². The fraction of sp³-hybridized carbons (Fsp3) is 0.200. The van der Waals surface area contributed by atoms with E-state index in [9.17, 15) is 4.79 Å². The van der Waals surface area contributed by atoms with Gasteiger partial charge in [-0.25, -0.2) is 5.43 Å². The predicted octanol–water partition coefficient (Wildman–Crippen LogP) is 3.64. The average molecular weight is 349 g/mol. The smallest absolute Gasteiger partial charge is 0.273 e. The monoisotopic (exact) mass is 349 g/mol. The number of aromatic amines is 1. The highest BCUT2D eigenvalue weighted by Crippen LogP contribution is 2.32. The second-order valence-corrected chi connectivity index (χ2v) is 6.22. The van der Waals surface area contributed by atoms with Gasteiger partial charge in [0.1, 0.15) is 0 Å². The summed E-state index contributed by atoms with van der Waals surface area (Å²) in [6.07, 6.45) is 3.26. The molecule has 6 heteroatoms. The molecule has 0 radical (unpaired) electrons. The van der Waals surface area contributed by atoms with Crippen molar-refractivity contribution in [3.05, 3.63) is 59.8 Å². The Labute approximate surface area is 150 Å². The van der Waals surface area contributed by atoms with E-state index in [-0.39, 0.29) is 12.7 Å². The van der Waals surface area contributed by atoms with Crippen molar-refractivity contribution in [2.45, 2.75) is 19.8 Å². The molecule has 1 aromatic heterocycles. The van der Waals surface area contributed by atoms with Gasteiger partial charge in [0.25, 0.3) is 5.91 Å². The SMILES string of the molecule is C/C(CCc1ccc2c(c1)OCO2)=N/NC(=O)c1c[nH]c2ccccc12. The zero-order valence-corrected chi connectivity index (χ0v) is 14.4. The molecule has 2 aromatic carbocycles. The standard InChI is InChI=1S/C20H19N3O3/c1-13(6-7-14-8-9-18-19(10-14)26-12-25-18)22-23-20(24)16-11-21-17-5-3-2-4-15(16)17/h2-5,8-11,21H,6-7,12H2,1H3,(H,23,24)/b22-13-. The highest BCUT2D eigenvalue weighted by atomic mass is 16.7. The van der Waals surface area contributed by atoms with Gasteiger partial charge in [0, 0.05) is 22.8 Å². The molecule has 0 fully saturated rings. The van der Waals surface area contributed by atoms with Crippen molar-refractivity contribution in [3.8, 4) is 11.5 Å². The number of aromatic nitrogens is 1. The number of para-hydroxylation sites is 1. The molecule has 0 aliphatic carbocycles. The van der Waals surface area contributed by atoms with Crippen LogP contribution in [-0.4, -0.2) is 23.4 Å². The maximum Gasteiger partial charge on any atom is 0.273 e. The van der Waals surface area contributed by atoms with Gasteiger partial charge in [-0.1, -0.05) is 24.3 Å². The number of ether oxygens (including phenoxy) is 2. The minimum Gasteiger partial charge on any atom is -0.454 e. The summed E-state index contributed by atoms with van der Waals surface area (Å²) >= 11 is 0. The van der Waals surface area contributed by atoms with Gasteiger partial charge in [0.15, 0.2) is 11.5 Å². The number of hydrogen-bond donors (Lipinski definition) is 2. The first-order chi connectivity index (χ1) is 12.7. The molecule has 6 nitrogen and oxygen atoms in total. The zero-order chi connectivity index (χ0) is 17.9. The number of amides is 1. The third-order valence-corrected chi connectivity index (χ3v) is 4.39. The maximum atomic E-state index is 12.4. The molecule has 0 saturated carbocycles. The van der Waals surface area contributed by atoms with Gasteiger partial charge in [0.2, 0.25) is 6.79 Å². The Morgan fingerprint density at radius 1 is 1.19 bits per heavy atom. The topological polar surface area (TPSA) is 75.7 Å². The van der Waals surface area contributed by atoms with Crippen LogP contribution in [0.3, 0.4) is 0 Å². The number of hydrazone groups is 1. The van der Waals surface area contributed by atoms with Crippen LogP contribution in [0.1, 0.15) is 29.3 Å². The summed E-state index contributed by atoms with van der Waals surface area (Å²) in [7, 11) is 0. The summed E-state index contributed by atoms with van der Waals surface area (Å²) in [6.45, 7) is 2.18. The molecular weight excluding hydrogens is 330 g/mol. The Bertz CT molecular complexity index is 991. The van der Waals surface area contributed by atoms with Crippen LogP contribution >= 0.6 is 0 Å². The lowest BCUT2D eigenvalue weighted by Gasteiger charge is -2.04. The second kappa shape index (κ2) is 6.92. The quantitative estimate of drug-likeness (QED) is 0.545. The van der Waals surface area contributed by atoms with Crippen molar-refractivity contribution in [1.82, 2.24) is 10.4 Å². The lowest BCUT2D eigenvalue weighted by atomic mass is 10.1. The van der Waals surface area contributed by atoms with E-state index in [1.54, 1.807) is 6.20 Å². The molecule has 26 heavy (non-hydrogen) atoms. The maximum absolute atomic E-state index is 12.4. The van der Waals surface area contributed by atoms with Crippen LogP contribution in [0.5, 0.6) is 11.5 Å². The number of benzene rings is 2. The summed E-state index contributed by atoms with van der Waals surface area (Å²) < 4.78 is 10.7. The second-order valence-electron chi connectivity index (χ2n) is 6.22. The number of rotatable bonds is 5. The molecule has 0 spiro atoms.